The summed E-state index contributed by atoms with van der Waals surface area (Å²) in [5.74, 6) is -0.886. The van der Waals surface area contributed by atoms with Crippen LogP contribution >= 0.6 is 11.3 Å². The molecule has 1 heterocycles. The molecule has 2 rings (SSSR count). The average molecular weight is 302 g/mol. The number of benzene rings is 1. The molecule has 0 saturated carbocycles. The largest absolute Gasteiger partial charge is 0.392 e. The first kappa shape index (κ1) is 14.1. The summed E-state index contributed by atoms with van der Waals surface area (Å²) in [6.45, 7) is -0.278. The van der Waals surface area contributed by atoms with Crippen molar-refractivity contribution >= 4 is 21.4 Å². The molecule has 1 aromatic heterocycles. The van der Waals surface area contributed by atoms with Crippen LogP contribution in [0.1, 0.15) is 10.4 Å². The summed E-state index contributed by atoms with van der Waals surface area (Å²) in [5, 5.41) is 8.85. The number of nitrogens with one attached hydrogen (secondary N) is 1. The Kier molecular flexibility index (Phi) is 4.25. The molecule has 0 amide bonds. The maximum atomic E-state index is 13.7. The average Bonchev–Trinajstić information content (AvgIpc) is 2.89. The van der Waals surface area contributed by atoms with E-state index in [1.165, 1.54) is 17.4 Å². The van der Waals surface area contributed by atoms with E-state index in [-0.39, 0.29) is 13.2 Å². The normalized spacial score (nSPS) is 11.7. The Balaban J connectivity index is 2.19. The Morgan fingerprint density at radius 3 is 2.79 bits per heavy atom. The van der Waals surface area contributed by atoms with Crippen molar-refractivity contribution in [2.75, 3.05) is 0 Å². The van der Waals surface area contributed by atoms with Crippen molar-refractivity contribution in [3.63, 3.8) is 0 Å². The zero-order valence-corrected chi connectivity index (χ0v) is 11.3. The van der Waals surface area contributed by atoms with Gasteiger partial charge in [-0.3, -0.25) is 4.98 Å². The fourth-order valence-corrected chi connectivity index (χ4v) is 3.12. The Morgan fingerprint density at radius 2 is 2.21 bits per heavy atom. The quantitative estimate of drug-likeness (QED) is 0.871. The van der Waals surface area contributed by atoms with Gasteiger partial charge < -0.3 is 5.11 Å². The van der Waals surface area contributed by atoms with Crippen LogP contribution in [0, 0.1) is 5.82 Å². The first-order chi connectivity index (χ1) is 9.03. The molecule has 2 aromatic rings. The molecule has 0 aliphatic rings. The first-order valence-corrected chi connectivity index (χ1v) is 7.65. The van der Waals surface area contributed by atoms with E-state index in [2.05, 4.69) is 9.71 Å². The number of nitrogens with zero attached hydrogens (tertiary/aromatic N) is 1. The van der Waals surface area contributed by atoms with Crippen molar-refractivity contribution in [2.45, 2.75) is 18.0 Å². The smallest absolute Gasteiger partial charge is 0.243 e. The summed E-state index contributed by atoms with van der Waals surface area (Å²) in [5.41, 5.74) is 1.90. The molecule has 19 heavy (non-hydrogen) atoms. The molecule has 0 radical (unpaired) electrons. The highest BCUT2D eigenvalue weighted by molar-refractivity contribution is 7.89. The second-order valence-corrected chi connectivity index (χ2v) is 6.42. The molecule has 0 aliphatic heterocycles. The summed E-state index contributed by atoms with van der Waals surface area (Å²) in [6, 6.07) is 3.50. The number of rotatable bonds is 5. The van der Waals surface area contributed by atoms with E-state index in [4.69, 9.17) is 5.11 Å². The van der Waals surface area contributed by atoms with Crippen LogP contribution in [0.3, 0.4) is 0 Å². The van der Waals surface area contributed by atoms with Gasteiger partial charge in [0.1, 0.15) is 10.7 Å². The van der Waals surface area contributed by atoms with Crippen LogP contribution in [-0.2, 0) is 23.2 Å². The van der Waals surface area contributed by atoms with Crippen LogP contribution < -0.4 is 4.72 Å². The van der Waals surface area contributed by atoms with Gasteiger partial charge in [0.25, 0.3) is 0 Å². The molecular formula is C11H11FN2O3S2. The summed E-state index contributed by atoms with van der Waals surface area (Å²) in [4.78, 5) is 4.11. The van der Waals surface area contributed by atoms with Crippen LogP contribution in [0.2, 0.25) is 0 Å². The van der Waals surface area contributed by atoms with Gasteiger partial charge in [0, 0.05) is 17.6 Å². The van der Waals surface area contributed by atoms with Crippen molar-refractivity contribution in [3.8, 4) is 0 Å². The Labute approximate surface area is 113 Å². The molecule has 0 saturated heterocycles. The lowest BCUT2D eigenvalue weighted by atomic mass is 10.2. The maximum absolute atomic E-state index is 13.7. The third-order valence-electron chi connectivity index (χ3n) is 2.39. The Hall–Kier alpha value is -1.35. The highest BCUT2D eigenvalue weighted by atomic mass is 32.2. The van der Waals surface area contributed by atoms with Gasteiger partial charge in [-0.25, -0.2) is 17.5 Å². The summed E-state index contributed by atoms with van der Waals surface area (Å²) >= 11 is 1.30. The third kappa shape index (κ3) is 3.35. The van der Waals surface area contributed by atoms with E-state index in [1.807, 2.05) is 0 Å². The van der Waals surface area contributed by atoms with E-state index >= 15 is 0 Å². The lowest BCUT2D eigenvalue weighted by molar-refractivity contribution is 0.281. The molecular weight excluding hydrogens is 291 g/mol. The van der Waals surface area contributed by atoms with Gasteiger partial charge in [0.2, 0.25) is 10.0 Å². The molecule has 1 aromatic carbocycles. The van der Waals surface area contributed by atoms with Gasteiger partial charge in [-0.05, 0) is 17.7 Å². The molecule has 0 aliphatic carbocycles. The second kappa shape index (κ2) is 5.74. The van der Waals surface area contributed by atoms with Crippen LogP contribution in [0.5, 0.6) is 0 Å². The minimum atomic E-state index is -3.92. The predicted molar refractivity (Wildman–Crippen MR) is 68.5 cm³/mol. The monoisotopic (exact) mass is 302 g/mol. The molecule has 0 spiro atoms. The van der Waals surface area contributed by atoms with Gasteiger partial charge in [-0.2, -0.15) is 0 Å². The molecule has 5 nitrogen and oxygen atoms in total. The van der Waals surface area contributed by atoms with Crippen molar-refractivity contribution in [3.05, 3.63) is 46.2 Å². The molecule has 0 bridgehead atoms. The van der Waals surface area contributed by atoms with E-state index in [0.29, 0.717) is 5.56 Å². The molecule has 0 unspecified atom stereocenters. The van der Waals surface area contributed by atoms with E-state index < -0.39 is 20.7 Å². The van der Waals surface area contributed by atoms with Crippen molar-refractivity contribution < 1.29 is 17.9 Å². The van der Waals surface area contributed by atoms with E-state index in [9.17, 15) is 12.8 Å². The van der Waals surface area contributed by atoms with Crippen LogP contribution in [-0.4, -0.2) is 18.5 Å². The Morgan fingerprint density at radius 1 is 1.42 bits per heavy atom. The second-order valence-electron chi connectivity index (χ2n) is 3.72. The number of hydrogen-bond donors (Lipinski definition) is 2. The van der Waals surface area contributed by atoms with Crippen molar-refractivity contribution in [2.24, 2.45) is 0 Å². The molecule has 8 heteroatoms. The lowest BCUT2D eigenvalue weighted by Gasteiger charge is -2.07. The first-order valence-electron chi connectivity index (χ1n) is 5.29. The van der Waals surface area contributed by atoms with Gasteiger partial charge in [0.05, 0.1) is 12.1 Å². The van der Waals surface area contributed by atoms with Crippen molar-refractivity contribution in [1.82, 2.24) is 9.71 Å². The molecule has 2 N–H and O–H groups in total. The number of aliphatic hydroxyl groups is 1. The molecule has 102 valence electrons. The summed E-state index contributed by atoms with van der Waals surface area (Å²) in [7, 11) is -3.92. The maximum Gasteiger partial charge on any atom is 0.243 e. The van der Waals surface area contributed by atoms with Crippen molar-refractivity contribution in [1.29, 1.82) is 0 Å². The SMILES string of the molecule is O=S(=O)(NCc1cncs1)c1ccc(CO)cc1F. The molecule has 0 fully saturated rings. The fourth-order valence-electron chi connectivity index (χ4n) is 1.43. The van der Waals surface area contributed by atoms with Gasteiger partial charge >= 0.3 is 0 Å². The van der Waals surface area contributed by atoms with E-state index in [0.717, 1.165) is 17.0 Å². The number of halogens is 1. The minimum Gasteiger partial charge on any atom is -0.392 e. The standard InChI is InChI=1S/C11H11FN2O3S2/c12-10-3-8(6-15)1-2-11(10)19(16,17)14-5-9-4-13-7-18-9/h1-4,7,14-15H,5-6H2. The predicted octanol–water partition coefficient (Wildman–Crippen LogP) is 1.25. The summed E-state index contributed by atoms with van der Waals surface area (Å²) < 4.78 is 39.8. The number of sulfonamides is 1. The van der Waals surface area contributed by atoms with Gasteiger partial charge in [-0.15, -0.1) is 11.3 Å². The van der Waals surface area contributed by atoms with Crippen LogP contribution in [0.4, 0.5) is 4.39 Å². The van der Waals surface area contributed by atoms with Gasteiger partial charge in [0.15, 0.2) is 0 Å². The van der Waals surface area contributed by atoms with Gasteiger partial charge in [-0.1, -0.05) is 6.07 Å². The number of aliphatic hydroxyl groups excluding tert-OH is 1. The topological polar surface area (TPSA) is 79.3 Å². The molecule has 0 atom stereocenters. The van der Waals surface area contributed by atoms with Crippen LogP contribution in [0.25, 0.3) is 0 Å². The fraction of sp³-hybridized carbons (Fsp3) is 0.182. The summed E-state index contributed by atoms with van der Waals surface area (Å²) in [6.07, 6.45) is 1.54. The Bertz CT molecular complexity index is 657. The lowest BCUT2D eigenvalue weighted by Crippen LogP contribution is -2.23. The third-order valence-corrected chi connectivity index (χ3v) is 4.60. The number of thiazole rings is 1. The number of hydrogen-bond acceptors (Lipinski definition) is 5. The zero-order chi connectivity index (χ0) is 13.9. The number of aromatic nitrogens is 1. The van der Waals surface area contributed by atoms with E-state index in [1.54, 1.807) is 11.7 Å². The highest BCUT2D eigenvalue weighted by Crippen LogP contribution is 2.17. The highest BCUT2D eigenvalue weighted by Gasteiger charge is 2.19. The minimum absolute atomic E-state index is 0.0637. The zero-order valence-electron chi connectivity index (χ0n) is 9.71. The van der Waals surface area contributed by atoms with Crippen LogP contribution in [0.15, 0.2) is 34.8 Å².